The molecule has 3 aromatic rings. The molecule has 2 aromatic carbocycles. The van der Waals surface area contributed by atoms with Gasteiger partial charge in [0.1, 0.15) is 0 Å². The average Bonchev–Trinajstić information content (AvgIpc) is 3.24. The number of hydrazone groups is 1. The van der Waals surface area contributed by atoms with Crippen molar-refractivity contribution in [3.05, 3.63) is 59.5 Å². The smallest absolute Gasteiger partial charge is 0.203 e. The molecule has 152 valence electrons. The number of anilines is 1. The van der Waals surface area contributed by atoms with Crippen molar-refractivity contribution in [3.8, 4) is 22.8 Å². The van der Waals surface area contributed by atoms with Crippen molar-refractivity contribution in [1.82, 2.24) is 4.98 Å². The number of nitrogens with one attached hydrogen (secondary N) is 1. The third-order valence-corrected chi connectivity index (χ3v) is 5.14. The van der Waals surface area contributed by atoms with Gasteiger partial charge < -0.3 is 9.47 Å². The normalized spacial score (nSPS) is 11.0. The number of nitrogens with zero attached hydrogens (tertiary/aromatic N) is 2. The minimum atomic E-state index is 0.707. The number of thiazole rings is 1. The van der Waals surface area contributed by atoms with Crippen LogP contribution in [0.4, 0.5) is 5.13 Å². The Kier molecular flexibility index (Phi) is 8.07. The fraction of sp³-hybridized carbons (Fsp3) is 0.304. The SMILES string of the molecule is CCCCCCOc1ccc(/C=N\Nc2nc(-c3ccccc3)cs2)cc1OC. The first-order valence-electron chi connectivity index (χ1n) is 9.91. The van der Waals surface area contributed by atoms with Crippen LogP contribution in [0.15, 0.2) is 59.0 Å². The number of benzene rings is 2. The van der Waals surface area contributed by atoms with E-state index in [2.05, 4.69) is 22.4 Å². The Morgan fingerprint density at radius 1 is 1.07 bits per heavy atom. The second-order valence-corrected chi connectivity index (χ2v) is 7.45. The van der Waals surface area contributed by atoms with Crippen molar-refractivity contribution in [2.45, 2.75) is 32.6 Å². The van der Waals surface area contributed by atoms with Gasteiger partial charge in [-0.15, -0.1) is 11.3 Å². The molecule has 1 aromatic heterocycles. The molecule has 0 fully saturated rings. The summed E-state index contributed by atoms with van der Waals surface area (Å²) in [6, 6.07) is 15.9. The van der Waals surface area contributed by atoms with Gasteiger partial charge in [0.2, 0.25) is 5.13 Å². The van der Waals surface area contributed by atoms with Crippen molar-refractivity contribution in [2.24, 2.45) is 5.10 Å². The molecule has 5 nitrogen and oxygen atoms in total. The number of unbranched alkanes of at least 4 members (excludes halogenated alkanes) is 3. The quantitative estimate of drug-likeness (QED) is 0.232. The number of methoxy groups -OCH3 is 1. The van der Waals surface area contributed by atoms with Crippen molar-refractivity contribution in [2.75, 3.05) is 19.1 Å². The average molecular weight is 410 g/mol. The molecule has 0 radical (unpaired) electrons. The highest BCUT2D eigenvalue weighted by Gasteiger charge is 2.06. The summed E-state index contributed by atoms with van der Waals surface area (Å²) in [5, 5.41) is 7.06. The van der Waals surface area contributed by atoms with E-state index in [1.54, 1.807) is 13.3 Å². The van der Waals surface area contributed by atoms with Crippen LogP contribution in [0, 0.1) is 0 Å². The maximum Gasteiger partial charge on any atom is 0.203 e. The largest absolute Gasteiger partial charge is 0.493 e. The molecule has 0 saturated heterocycles. The Balaban J connectivity index is 1.56. The molecule has 0 amide bonds. The second-order valence-electron chi connectivity index (χ2n) is 6.59. The highest BCUT2D eigenvalue weighted by atomic mass is 32.1. The molecule has 0 aliphatic carbocycles. The Labute approximate surface area is 176 Å². The first-order chi connectivity index (χ1) is 14.3. The Hall–Kier alpha value is -2.86. The van der Waals surface area contributed by atoms with E-state index >= 15 is 0 Å². The van der Waals surface area contributed by atoms with Gasteiger partial charge >= 0.3 is 0 Å². The molecule has 0 aliphatic heterocycles. The van der Waals surface area contributed by atoms with Gasteiger partial charge in [0.15, 0.2) is 11.5 Å². The molecular weight excluding hydrogens is 382 g/mol. The van der Waals surface area contributed by atoms with Crippen molar-refractivity contribution in [1.29, 1.82) is 0 Å². The van der Waals surface area contributed by atoms with E-state index < -0.39 is 0 Å². The summed E-state index contributed by atoms with van der Waals surface area (Å²) in [6.45, 7) is 2.91. The van der Waals surface area contributed by atoms with Gasteiger partial charge in [-0.25, -0.2) is 4.98 Å². The lowest BCUT2D eigenvalue weighted by atomic mass is 10.2. The summed E-state index contributed by atoms with van der Waals surface area (Å²) in [5.41, 5.74) is 5.95. The van der Waals surface area contributed by atoms with Gasteiger partial charge in [-0.1, -0.05) is 56.5 Å². The lowest BCUT2D eigenvalue weighted by Gasteiger charge is -2.11. The lowest BCUT2D eigenvalue weighted by molar-refractivity contribution is 0.285. The molecule has 0 bridgehead atoms. The summed E-state index contributed by atoms with van der Waals surface area (Å²) >= 11 is 1.52. The summed E-state index contributed by atoms with van der Waals surface area (Å²) in [7, 11) is 1.65. The van der Waals surface area contributed by atoms with Crippen molar-refractivity contribution >= 4 is 22.7 Å². The van der Waals surface area contributed by atoms with Crippen LogP contribution >= 0.6 is 11.3 Å². The van der Waals surface area contributed by atoms with E-state index in [1.807, 2.05) is 53.9 Å². The summed E-state index contributed by atoms with van der Waals surface area (Å²) in [4.78, 5) is 4.56. The van der Waals surface area contributed by atoms with Gasteiger partial charge in [0, 0.05) is 10.9 Å². The summed E-state index contributed by atoms with van der Waals surface area (Å²) < 4.78 is 11.3. The monoisotopic (exact) mass is 409 g/mol. The first kappa shape index (κ1) is 20.9. The zero-order valence-corrected chi connectivity index (χ0v) is 17.7. The van der Waals surface area contributed by atoms with Gasteiger partial charge in [0.25, 0.3) is 0 Å². The fourth-order valence-corrected chi connectivity index (χ4v) is 3.49. The maximum atomic E-state index is 5.85. The van der Waals surface area contributed by atoms with E-state index in [0.717, 1.165) is 34.1 Å². The molecule has 1 heterocycles. The molecule has 0 spiro atoms. The highest BCUT2D eigenvalue weighted by Crippen LogP contribution is 2.28. The number of hydrogen-bond acceptors (Lipinski definition) is 6. The zero-order valence-electron chi connectivity index (χ0n) is 16.9. The third-order valence-electron chi connectivity index (χ3n) is 4.39. The molecule has 3 rings (SSSR count). The lowest BCUT2D eigenvalue weighted by Crippen LogP contribution is -2.00. The van der Waals surface area contributed by atoms with Crippen molar-refractivity contribution in [3.63, 3.8) is 0 Å². The highest BCUT2D eigenvalue weighted by molar-refractivity contribution is 7.14. The number of ether oxygens (including phenoxy) is 2. The van der Waals surface area contributed by atoms with Crippen LogP contribution in [-0.2, 0) is 0 Å². The third kappa shape index (κ3) is 6.32. The zero-order chi connectivity index (χ0) is 20.3. The molecule has 1 N–H and O–H groups in total. The van der Waals surface area contributed by atoms with E-state index in [9.17, 15) is 0 Å². The van der Waals surface area contributed by atoms with Gasteiger partial charge in [-0.3, -0.25) is 5.43 Å². The Morgan fingerprint density at radius 2 is 1.93 bits per heavy atom. The molecule has 0 saturated carbocycles. The van der Waals surface area contributed by atoms with Crippen LogP contribution in [0.5, 0.6) is 11.5 Å². The number of hydrogen-bond donors (Lipinski definition) is 1. The summed E-state index contributed by atoms with van der Waals surface area (Å²) in [6.07, 6.45) is 6.47. The maximum absolute atomic E-state index is 5.85. The minimum absolute atomic E-state index is 0.707. The fourth-order valence-electron chi connectivity index (χ4n) is 2.82. The standard InChI is InChI=1S/C23H27N3O2S/c1-3-4-5-9-14-28-21-13-12-18(15-22(21)27-2)16-24-26-23-25-20(17-29-23)19-10-7-6-8-11-19/h6-8,10-13,15-17H,3-5,9,14H2,1-2H3,(H,25,26)/b24-16-. The van der Waals surface area contributed by atoms with Crippen LogP contribution < -0.4 is 14.9 Å². The van der Waals surface area contributed by atoms with E-state index in [1.165, 1.54) is 30.6 Å². The second kappa shape index (κ2) is 11.2. The van der Waals surface area contributed by atoms with Gasteiger partial charge in [-0.2, -0.15) is 5.10 Å². The molecule has 6 heteroatoms. The predicted octanol–water partition coefficient (Wildman–Crippen LogP) is 6.22. The minimum Gasteiger partial charge on any atom is -0.493 e. The summed E-state index contributed by atoms with van der Waals surface area (Å²) in [5.74, 6) is 1.48. The Morgan fingerprint density at radius 3 is 2.72 bits per heavy atom. The van der Waals surface area contributed by atoms with Crippen LogP contribution in [0.1, 0.15) is 38.2 Å². The van der Waals surface area contributed by atoms with E-state index in [0.29, 0.717) is 12.4 Å². The van der Waals surface area contributed by atoms with E-state index in [-0.39, 0.29) is 0 Å². The van der Waals surface area contributed by atoms with Crippen LogP contribution in [0.2, 0.25) is 0 Å². The Bertz CT molecular complexity index is 909. The topological polar surface area (TPSA) is 55.7 Å². The van der Waals surface area contributed by atoms with Gasteiger partial charge in [0.05, 0.1) is 25.6 Å². The molecule has 0 atom stereocenters. The first-order valence-corrected chi connectivity index (χ1v) is 10.8. The molecule has 29 heavy (non-hydrogen) atoms. The molecule has 0 unspecified atom stereocenters. The molecule has 0 aliphatic rings. The van der Waals surface area contributed by atoms with Crippen LogP contribution in [0.25, 0.3) is 11.3 Å². The van der Waals surface area contributed by atoms with Crippen LogP contribution in [-0.4, -0.2) is 24.9 Å². The molecular formula is C23H27N3O2S. The number of rotatable bonds is 11. The van der Waals surface area contributed by atoms with Crippen LogP contribution in [0.3, 0.4) is 0 Å². The van der Waals surface area contributed by atoms with Crippen molar-refractivity contribution < 1.29 is 9.47 Å². The predicted molar refractivity (Wildman–Crippen MR) is 121 cm³/mol. The van der Waals surface area contributed by atoms with Gasteiger partial charge in [-0.05, 0) is 30.2 Å². The van der Waals surface area contributed by atoms with E-state index in [4.69, 9.17) is 9.47 Å². The number of aromatic nitrogens is 1.